The minimum atomic E-state index is -0.386. The molecule has 3 atom stereocenters. The molecule has 0 saturated heterocycles. The number of aryl methyl sites for hydroxylation is 1. The molecule has 1 heterocycles. The number of amides is 1. The van der Waals surface area contributed by atoms with Gasteiger partial charge in [0.25, 0.3) is 5.91 Å². The number of hydrogen-bond donors (Lipinski definition) is 2. The number of halogens is 1. The van der Waals surface area contributed by atoms with Crippen LogP contribution in [-0.4, -0.2) is 33.2 Å². The van der Waals surface area contributed by atoms with Crippen molar-refractivity contribution in [3.8, 4) is 0 Å². The van der Waals surface area contributed by atoms with E-state index in [0.29, 0.717) is 34.7 Å². The van der Waals surface area contributed by atoms with Crippen LogP contribution in [0.2, 0.25) is 5.02 Å². The lowest BCUT2D eigenvalue weighted by Crippen LogP contribution is -2.26. The highest BCUT2D eigenvalue weighted by atomic mass is 35.5. The molecular formula is C26H30ClN3O2. The summed E-state index contributed by atoms with van der Waals surface area (Å²) < 4.78 is 0. The van der Waals surface area contributed by atoms with Crippen LogP contribution in [-0.2, 0) is 13.0 Å². The smallest absolute Gasteiger partial charge is 0.253 e. The van der Waals surface area contributed by atoms with Crippen molar-refractivity contribution >= 4 is 17.5 Å². The molecule has 5 nitrogen and oxygen atoms in total. The molecule has 1 amide bonds. The quantitative estimate of drug-likeness (QED) is 0.509. The summed E-state index contributed by atoms with van der Waals surface area (Å²) in [7, 11) is 1.76. The van der Waals surface area contributed by atoms with Crippen molar-refractivity contribution in [3.63, 3.8) is 0 Å². The van der Waals surface area contributed by atoms with Gasteiger partial charge in [0.05, 0.1) is 23.4 Å². The number of aliphatic hydroxyl groups excluding tert-OH is 1. The van der Waals surface area contributed by atoms with E-state index in [9.17, 15) is 9.90 Å². The molecule has 0 unspecified atom stereocenters. The average molecular weight is 452 g/mol. The van der Waals surface area contributed by atoms with Crippen LogP contribution in [0.25, 0.3) is 0 Å². The van der Waals surface area contributed by atoms with Gasteiger partial charge in [-0.1, -0.05) is 54.1 Å². The first-order valence-electron chi connectivity index (χ1n) is 11.2. The first-order chi connectivity index (χ1) is 15.4. The third-order valence-corrected chi connectivity index (χ3v) is 7.07. The molecule has 1 aromatic heterocycles. The molecule has 1 aliphatic rings. The van der Waals surface area contributed by atoms with E-state index in [1.165, 1.54) is 5.56 Å². The zero-order chi connectivity index (χ0) is 22.7. The van der Waals surface area contributed by atoms with Gasteiger partial charge in [-0.05, 0) is 67.7 Å². The van der Waals surface area contributed by atoms with E-state index in [1.54, 1.807) is 11.9 Å². The first kappa shape index (κ1) is 22.6. The van der Waals surface area contributed by atoms with Crippen molar-refractivity contribution in [2.75, 3.05) is 7.05 Å². The number of H-pyrrole nitrogens is 1. The highest BCUT2D eigenvalue weighted by Gasteiger charge is 2.30. The monoisotopic (exact) mass is 451 g/mol. The zero-order valence-electron chi connectivity index (χ0n) is 18.6. The normalized spacial score (nSPS) is 19.1. The lowest BCUT2D eigenvalue weighted by Gasteiger charge is -2.19. The molecular weight excluding hydrogens is 422 g/mol. The van der Waals surface area contributed by atoms with E-state index >= 15 is 0 Å². The van der Waals surface area contributed by atoms with E-state index in [2.05, 4.69) is 10.2 Å². The number of carbonyl (C=O) groups excluding carboxylic acids is 1. The van der Waals surface area contributed by atoms with Crippen molar-refractivity contribution in [1.29, 1.82) is 0 Å². The minimum absolute atomic E-state index is 0.0554. The molecule has 0 bridgehead atoms. The summed E-state index contributed by atoms with van der Waals surface area (Å²) in [5, 5.41) is 18.3. The minimum Gasteiger partial charge on any atom is -0.388 e. The Morgan fingerprint density at radius 2 is 1.91 bits per heavy atom. The van der Waals surface area contributed by atoms with Crippen LogP contribution in [0.15, 0.2) is 54.6 Å². The number of hydrogen-bond acceptors (Lipinski definition) is 3. The largest absolute Gasteiger partial charge is 0.388 e. The molecule has 1 fully saturated rings. The van der Waals surface area contributed by atoms with Crippen LogP contribution in [0, 0.1) is 18.8 Å². The fourth-order valence-electron chi connectivity index (χ4n) is 4.71. The van der Waals surface area contributed by atoms with Gasteiger partial charge in [-0.25, -0.2) is 0 Å². The maximum Gasteiger partial charge on any atom is 0.253 e. The van der Waals surface area contributed by atoms with Crippen LogP contribution in [0.4, 0.5) is 0 Å². The summed E-state index contributed by atoms with van der Waals surface area (Å²) in [5.41, 5.74) is 4.37. The highest BCUT2D eigenvalue weighted by Crippen LogP contribution is 2.40. The molecule has 4 rings (SSSR count). The predicted octanol–water partition coefficient (Wildman–Crippen LogP) is 5.34. The van der Waals surface area contributed by atoms with Crippen molar-refractivity contribution < 1.29 is 9.90 Å². The molecule has 0 radical (unpaired) electrons. The van der Waals surface area contributed by atoms with Crippen molar-refractivity contribution in [2.24, 2.45) is 11.8 Å². The molecule has 1 saturated carbocycles. The Morgan fingerprint density at radius 3 is 2.56 bits per heavy atom. The summed E-state index contributed by atoms with van der Waals surface area (Å²) >= 11 is 6.22. The van der Waals surface area contributed by atoms with E-state index in [4.69, 9.17) is 11.6 Å². The second-order valence-electron chi connectivity index (χ2n) is 8.97. The van der Waals surface area contributed by atoms with E-state index in [1.807, 2.05) is 61.5 Å². The van der Waals surface area contributed by atoms with Crippen LogP contribution in [0.3, 0.4) is 0 Å². The Labute approximate surface area is 194 Å². The number of aromatic nitrogens is 2. The molecule has 0 aliphatic heterocycles. The van der Waals surface area contributed by atoms with Crippen LogP contribution in [0.5, 0.6) is 0 Å². The van der Waals surface area contributed by atoms with Crippen molar-refractivity contribution in [1.82, 2.24) is 15.1 Å². The summed E-state index contributed by atoms with van der Waals surface area (Å²) in [6.07, 6.45) is 3.80. The van der Waals surface area contributed by atoms with Gasteiger partial charge in [0.1, 0.15) is 5.69 Å². The number of nitrogens with zero attached hydrogens (tertiary/aromatic N) is 2. The summed E-state index contributed by atoms with van der Waals surface area (Å²) in [6, 6.07) is 17.9. The number of rotatable bonds is 7. The van der Waals surface area contributed by atoms with Crippen LogP contribution >= 0.6 is 11.6 Å². The van der Waals surface area contributed by atoms with Gasteiger partial charge in [0.2, 0.25) is 0 Å². The number of aromatic amines is 1. The highest BCUT2D eigenvalue weighted by molar-refractivity contribution is 6.31. The Kier molecular flexibility index (Phi) is 6.97. The fraction of sp³-hybridized carbons (Fsp3) is 0.385. The lowest BCUT2D eigenvalue weighted by atomic mass is 9.91. The van der Waals surface area contributed by atoms with Crippen molar-refractivity contribution in [3.05, 3.63) is 87.7 Å². The molecule has 32 heavy (non-hydrogen) atoms. The van der Waals surface area contributed by atoms with E-state index in [-0.39, 0.29) is 12.0 Å². The number of benzene rings is 2. The predicted molar refractivity (Wildman–Crippen MR) is 127 cm³/mol. The molecule has 6 heteroatoms. The Morgan fingerprint density at radius 1 is 1.19 bits per heavy atom. The van der Waals surface area contributed by atoms with Gasteiger partial charge in [-0.15, -0.1) is 0 Å². The molecule has 2 aromatic carbocycles. The van der Waals surface area contributed by atoms with Crippen LogP contribution in [0.1, 0.15) is 58.2 Å². The van der Waals surface area contributed by atoms with Gasteiger partial charge in [-0.3, -0.25) is 9.89 Å². The van der Waals surface area contributed by atoms with Gasteiger partial charge in [-0.2, -0.15) is 5.10 Å². The van der Waals surface area contributed by atoms with E-state index in [0.717, 1.165) is 36.9 Å². The Balaban J connectivity index is 1.32. The molecule has 168 valence electrons. The third kappa shape index (κ3) is 5.05. The van der Waals surface area contributed by atoms with Crippen LogP contribution < -0.4 is 0 Å². The third-order valence-electron chi connectivity index (χ3n) is 6.57. The summed E-state index contributed by atoms with van der Waals surface area (Å²) in [5.74, 6) is 0.822. The molecule has 2 N–H and O–H groups in total. The fourth-order valence-corrected chi connectivity index (χ4v) is 4.86. The second-order valence-corrected chi connectivity index (χ2v) is 9.34. The van der Waals surface area contributed by atoms with Gasteiger partial charge < -0.3 is 10.0 Å². The molecule has 3 aromatic rings. The maximum atomic E-state index is 12.8. The molecule has 0 spiro atoms. The number of carbonyl (C=O) groups is 1. The van der Waals surface area contributed by atoms with Gasteiger partial charge in [0.15, 0.2) is 0 Å². The SMILES string of the molecule is Cc1[nH]nc(CN(C)C(=O)c2ccc(C[C@@H]3CC[C@H]([C@H](O)c4ccccc4)C3)cc2)c1Cl. The Hall–Kier alpha value is -2.63. The van der Waals surface area contributed by atoms with Gasteiger partial charge >= 0.3 is 0 Å². The zero-order valence-corrected chi connectivity index (χ0v) is 19.3. The van der Waals surface area contributed by atoms with E-state index < -0.39 is 0 Å². The molecule has 1 aliphatic carbocycles. The lowest BCUT2D eigenvalue weighted by molar-refractivity contribution is 0.0783. The first-order valence-corrected chi connectivity index (χ1v) is 11.6. The van der Waals surface area contributed by atoms with Gasteiger partial charge in [0, 0.05) is 12.6 Å². The van der Waals surface area contributed by atoms with Crippen molar-refractivity contribution in [2.45, 2.75) is 45.3 Å². The summed E-state index contributed by atoms with van der Waals surface area (Å²) in [6.45, 7) is 2.21. The maximum absolute atomic E-state index is 12.8. The Bertz CT molecular complexity index is 1050. The standard InChI is InChI=1S/C26H30ClN3O2/c1-17-24(27)23(29-28-17)16-30(2)26(32)21-11-8-18(9-12-21)14-19-10-13-22(15-19)25(31)20-6-4-3-5-7-20/h3-9,11-12,19,22,25,31H,10,13-16H2,1-2H3,(H,28,29)/t19-,22-,25+/m0/s1. The summed E-state index contributed by atoms with van der Waals surface area (Å²) in [4.78, 5) is 14.4. The second kappa shape index (κ2) is 9.88. The topological polar surface area (TPSA) is 69.2 Å². The number of nitrogens with one attached hydrogen (secondary N) is 1. The number of aliphatic hydroxyl groups is 1. The average Bonchev–Trinajstić information content (AvgIpc) is 3.41.